The Labute approximate surface area is 114 Å². The fourth-order valence-corrected chi connectivity index (χ4v) is 2.14. The normalized spacial score (nSPS) is 10.9. The number of hydrazine groups is 1. The molecule has 1 amide bonds. The summed E-state index contributed by atoms with van der Waals surface area (Å²) in [5.74, 6) is 4.67. The van der Waals surface area contributed by atoms with E-state index in [1.54, 1.807) is 21.5 Å². The number of rotatable bonds is 2. The van der Waals surface area contributed by atoms with Crippen LogP contribution in [0, 0.1) is 6.92 Å². The summed E-state index contributed by atoms with van der Waals surface area (Å²) in [6.07, 6.45) is 3.57. The van der Waals surface area contributed by atoms with Gasteiger partial charge in [-0.1, -0.05) is 0 Å². The highest BCUT2D eigenvalue weighted by molar-refractivity contribution is 5.93. The monoisotopic (exact) mass is 271 g/mol. The van der Waals surface area contributed by atoms with Gasteiger partial charge in [-0.3, -0.25) is 14.9 Å². The molecule has 0 aliphatic carbocycles. The minimum Gasteiger partial charge on any atom is -0.289 e. The van der Waals surface area contributed by atoms with Crippen molar-refractivity contribution in [2.24, 2.45) is 12.9 Å². The lowest BCUT2D eigenvalue weighted by Gasteiger charge is -2.02. The third-order valence-corrected chi connectivity index (χ3v) is 3.01. The van der Waals surface area contributed by atoms with Crippen LogP contribution in [0.5, 0.6) is 0 Å². The summed E-state index contributed by atoms with van der Waals surface area (Å²) >= 11 is 0. The standard InChI is InChI=1S/C12H13N7O/c1-7-8(6-18(2)16-7)10-3-4-14-11-5-9(12(20)15-13)17-19(10)11/h3-6H,13H2,1-2H3,(H,15,20). The van der Waals surface area contributed by atoms with Crippen molar-refractivity contribution in [2.75, 3.05) is 0 Å². The predicted molar refractivity (Wildman–Crippen MR) is 71.6 cm³/mol. The molecule has 3 aromatic heterocycles. The van der Waals surface area contributed by atoms with Gasteiger partial charge in [0.1, 0.15) is 0 Å². The molecule has 0 saturated carbocycles. The van der Waals surface area contributed by atoms with Crippen LogP contribution in [-0.4, -0.2) is 30.3 Å². The number of nitrogen functional groups attached to an aromatic ring is 1. The highest BCUT2D eigenvalue weighted by Gasteiger charge is 2.15. The van der Waals surface area contributed by atoms with Crippen LogP contribution in [0.1, 0.15) is 16.2 Å². The zero-order valence-corrected chi connectivity index (χ0v) is 11.0. The molecule has 20 heavy (non-hydrogen) atoms. The molecule has 0 bridgehead atoms. The molecule has 0 atom stereocenters. The molecule has 0 aliphatic heterocycles. The molecule has 3 rings (SSSR count). The van der Waals surface area contributed by atoms with Gasteiger partial charge in [-0.05, 0) is 13.0 Å². The van der Waals surface area contributed by atoms with E-state index < -0.39 is 5.91 Å². The zero-order chi connectivity index (χ0) is 14.3. The minimum absolute atomic E-state index is 0.217. The first-order chi connectivity index (χ1) is 9.60. The first-order valence-corrected chi connectivity index (χ1v) is 5.96. The summed E-state index contributed by atoms with van der Waals surface area (Å²) in [7, 11) is 1.85. The van der Waals surface area contributed by atoms with E-state index in [-0.39, 0.29) is 5.69 Å². The summed E-state index contributed by atoms with van der Waals surface area (Å²) in [6, 6.07) is 3.41. The number of amides is 1. The maximum absolute atomic E-state index is 11.5. The predicted octanol–water partition coefficient (Wildman–Crippen LogP) is 0.0417. The van der Waals surface area contributed by atoms with E-state index in [1.165, 1.54) is 0 Å². The van der Waals surface area contributed by atoms with Crippen molar-refractivity contribution in [3.63, 3.8) is 0 Å². The number of nitrogens with zero attached hydrogens (tertiary/aromatic N) is 5. The van der Waals surface area contributed by atoms with E-state index in [4.69, 9.17) is 5.84 Å². The summed E-state index contributed by atoms with van der Waals surface area (Å²) < 4.78 is 3.34. The zero-order valence-electron chi connectivity index (χ0n) is 11.0. The fraction of sp³-hybridized carbons (Fsp3) is 0.167. The molecule has 3 aromatic rings. The molecule has 0 unspecified atom stereocenters. The van der Waals surface area contributed by atoms with Crippen molar-refractivity contribution in [1.82, 2.24) is 29.8 Å². The van der Waals surface area contributed by atoms with Crippen molar-refractivity contribution in [2.45, 2.75) is 6.92 Å². The Balaban J connectivity index is 2.23. The SMILES string of the molecule is Cc1nn(C)cc1-c1ccnc2cc(C(=O)NN)nn12. The van der Waals surface area contributed by atoms with E-state index in [0.717, 1.165) is 17.0 Å². The molecule has 0 saturated heterocycles. The van der Waals surface area contributed by atoms with Crippen molar-refractivity contribution in [3.05, 3.63) is 35.9 Å². The molecule has 0 fully saturated rings. The quantitative estimate of drug-likeness (QED) is 0.389. The maximum Gasteiger partial charge on any atom is 0.285 e. The molecule has 8 nitrogen and oxygen atoms in total. The van der Waals surface area contributed by atoms with E-state index in [0.29, 0.717) is 5.65 Å². The van der Waals surface area contributed by atoms with Crippen LogP contribution >= 0.6 is 0 Å². The second kappa shape index (κ2) is 4.42. The Morgan fingerprint density at radius 3 is 2.85 bits per heavy atom. The van der Waals surface area contributed by atoms with Gasteiger partial charge in [0.15, 0.2) is 11.3 Å². The first kappa shape index (κ1) is 12.3. The van der Waals surface area contributed by atoms with Gasteiger partial charge in [0.05, 0.1) is 11.4 Å². The number of aromatic nitrogens is 5. The van der Waals surface area contributed by atoms with Gasteiger partial charge in [-0.2, -0.15) is 10.2 Å². The number of nitrogens with two attached hydrogens (primary N) is 1. The molecular weight excluding hydrogens is 258 g/mol. The number of hydrogen-bond acceptors (Lipinski definition) is 5. The van der Waals surface area contributed by atoms with Gasteiger partial charge in [-0.15, -0.1) is 0 Å². The highest BCUT2D eigenvalue weighted by Crippen LogP contribution is 2.22. The van der Waals surface area contributed by atoms with E-state index in [2.05, 4.69) is 20.6 Å². The van der Waals surface area contributed by atoms with Crippen LogP contribution in [0.4, 0.5) is 0 Å². The summed E-state index contributed by atoms with van der Waals surface area (Å²) in [5, 5.41) is 8.54. The highest BCUT2D eigenvalue weighted by atomic mass is 16.2. The Morgan fingerprint density at radius 1 is 1.40 bits per heavy atom. The first-order valence-electron chi connectivity index (χ1n) is 5.96. The lowest BCUT2D eigenvalue weighted by atomic mass is 10.2. The molecule has 0 spiro atoms. The number of carbonyl (C=O) groups is 1. The van der Waals surface area contributed by atoms with Gasteiger partial charge >= 0.3 is 0 Å². The Kier molecular flexibility index (Phi) is 2.72. The smallest absolute Gasteiger partial charge is 0.285 e. The number of nitrogens with one attached hydrogen (secondary N) is 1. The Bertz CT molecular complexity index is 801. The van der Waals surface area contributed by atoms with Crippen molar-refractivity contribution < 1.29 is 4.79 Å². The van der Waals surface area contributed by atoms with Gasteiger partial charge in [0.25, 0.3) is 5.91 Å². The van der Waals surface area contributed by atoms with Crippen LogP contribution in [-0.2, 0) is 7.05 Å². The van der Waals surface area contributed by atoms with Crippen molar-refractivity contribution >= 4 is 11.6 Å². The lowest BCUT2D eigenvalue weighted by Crippen LogP contribution is -2.30. The largest absolute Gasteiger partial charge is 0.289 e. The van der Waals surface area contributed by atoms with Gasteiger partial charge < -0.3 is 0 Å². The third kappa shape index (κ3) is 1.82. The van der Waals surface area contributed by atoms with E-state index in [1.807, 2.05) is 26.2 Å². The molecule has 8 heteroatoms. The van der Waals surface area contributed by atoms with Crippen LogP contribution in [0.2, 0.25) is 0 Å². The Hall–Kier alpha value is -2.74. The lowest BCUT2D eigenvalue weighted by molar-refractivity contribution is 0.0948. The summed E-state index contributed by atoms with van der Waals surface area (Å²) in [6.45, 7) is 1.92. The average molecular weight is 271 g/mol. The molecule has 3 N–H and O–H groups in total. The van der Waals surface area contributed by atoms with Crippen LogP contribution in [0.3, 0.4) is 0 Å². The maximum atomic E-state index is 11.5. The number of aryl methyl sites for hydroxylation is 2. The molecule has 0 radical (unpaired) electrons. The second-order valence-electron chi connectivity index (χ2n) is 4.40. The molecule has 102 valence electrons. The Morgan fingerprint density at radius 2 is 2.20 bits per heavy atom. The number of fused-ring (bicyclic) bond motifs is 1. The summed E-state index contributed by atoms with van der Waals surface area (Å²) in [5.41, 5.74) is 5.47. The van der Waals surface area contributed by atoms with Gasteiger partial charge in [0, 0.05) is 31.1 Å². The molecule has 0 aliphatic rings. The van der Waals surface area contributed by atoms with Crippen molar-refractivity contribution in [3.8, 4) is 11.3 Å². The van der Waals surface area contributed by atoms with Crippen LogP contribution in [0.15, 0.2) is 24.5 Å². The van der Waals surface area contributed by atoms with Crippen molar-refractivity contribution in [1.29, 1.82) is 0 Å². The summed E-state index contributed by atoms with van der Waals surface area (Å²) in [4.78, 5) is 15.7. The minimum atomic E-state index is -0.454. The second-order valence-corrected chi connectivity index (χ2v) is 4.40. The fourth-order valence-electron chi connectivity index (χ4n) is 2.14. The molecule has 3 heterocycles. The van der Waals surface area contributed by atoms with Crippen LogP contribution in [0.25, 0.3) is 16.9 Å². The third-order valence-electron chi connectivity index (χ3n) is 3.01. The van der Waals surface area contributed by atoms with Gasteiger partial charge in [0.2, 0.25) is 0 Å². The number of hydrogen-bond donors (Lipinski definition) is 2. The van der Waals surface area contributed by atoms with E-state index in [9.17, 15) is 4.79 Å². The molecule has 0 aromatic carbocycles. The topological polar surface area (TPSA) is 103 Å². The van der Waals surface area contributed by atoms with Gasteiger partial charge in [-0.25, -0.2) is 15.3 Å². The van der Waals surface area contributed by atoms with E-state index >= 15 is 0 Å². The van der Waals surface area contributed by atoms with Crippen LogP contribution < -0.4 is 11.3 Å². The molecular formula is C12H13N7O. The number of carbonyl (C=O) groups excluding carboxylic acids is 1. The average Bonchev–Trinajstić information content (AvgIpc) is 3.00.